The molecule has 24 heavy (non-hydrogen) atoms. The van der Waals surface area contributed by atoms with E-state index in [9.17, 15) is 9.59 Å². The van der Waals surface area contributed by atoms with E-state index in [0.717, 1.165) is 10.5 Å². The van der Waals surface area contributed by atoms with Crippen LogP contribution < -0.4 is 5.32 Å². The maximum absolute atomic E-state index is 11.9. The molecule has 0 aliphatic heterocycles. The van der Waals surface area contributed by atoms with Crippen molar-refractivity contribution in [3.63, 3.8) is 0 Å². The number of rotatable bonds is 4. The average Bonchev–Trinajstić information content (AvgIpc) is 2.60. The molecule has 1 aromatic carbocycles. The molecule has 1 aliphatic rings. The Morgan fingerprint density at radius 2 is 1.92 bits per heavy atom. The lowest BCUT2D eigenvalue weighted by Crippen LogP contribution is -2.40. The second kappa shape index (κ2) is 8.55. The van der Waals surface area contributed by atoms with E-state index in [1.54, 1.807) is 24.3 Å². The van der Waals surface area contributed by atoms with Crippen molar-refractivity contribution in [2.45, 2.75) is 38.3 Å². The van der Waals surface area contributed by atoms with Crippen molar-refractivity contribution in [1.82, 2.24) is 10.2 Å². The Bertz CT molecular complexity index is 619. The molecule has 1 aliphatic carbocycles. The largest absolute Gasteiger partial charge is 0.445 e. The summed E-state index contributed by atoms with van der Waals surface area (Å²) >= 11 is 5.80. The summed E-state index contributed by atoms with van der Waals surface area (Å²) < 4.78 is 5.19. The number of ether oxygens (including phenoxy) is 1. The van der Waals surface area contributed by atoms with Gasteiger partial charge in [-0.05, 0) is 43.4 Å². The predicted octanol–water partition coefficient (Wildman–Crippen LogP) is 3.06. The molecule has 0 atom stereocenters. The fourth-order valence-corrected chi connectivity index (χ4v) is 2.87. The summed E-state index contributed by atoms with van der Waals surface area (Å²) in [6.07, 6.45) is 4.08. The molecule has 128 valence electrons. The fourth-order valence-electron chi connectivity index (χ4n) is 2.75. The van der Waals surface area contributed by atoms with Gasteiger partial charge in [0.05, 0.1) is 0 Å². The first kappa shape index (κ1) is 18.1. The molecule has 2 rings (SSSR count). The Morgan fingerprint density at radius 1 is 1.29 bits per heavy atom. The van der Waals surface area contributed by atoms with Crippen LogP contribution in [0.2, 0.25) is 5.02 Å². The maximum Gasteiger partial charge on any atom is 0.407 e. The standard InChI is InChI=1S/C17H20ClN3O3/c1-21(11-19)16(22)13-4-8-15(9-5-13)20-17(23)24-10-12-2-6-14(18)7-3-12/h2-3,6-7,13,15H,4-5,8-10H2,1H3,(H,20,23)/t13-,15+. The van der Waals surface area contributed by atoms with Crippen LogP contribution in [0.15, 0.2) is 24.3 Å². The molecule has 7 heteroatoms. The van der Waals surface area contributed by atoms with Crippen LogP contribution in [0.5, 0.6) is 0 Å². The van der Waals surface area contributed by atoms with Crippen molar-refractivity contribution in [3.8, 4) is 6.19 Å². The zero-order chi connectivity index (χ0) is 17.5. The van der Waals surface area contributed by atoms with Gasteiger partial charge in [-0.2, -0.15) is 5.26 Å². The number of halogens is 1. The molecule has 0 saturated heterocycles. The van der Waals surface area contributed by atoms with Gasteiger partial charge >= 0.3 is 6.09 Å². The van der Waals surface area contributed by atoms with E-state index in [-0.39, 0.29) is 24.5 Å². The molecule has 1 aromatic rings. The van der Waals surface area contributed by atoms with Crippen LogP contribution in [0.1, 0.15) is 31.2 Å². The van der Waals surface area contributed by atoms with Gasteiger partial charge in [0.15, 0.2) is 6.19 Å². The molecular formula is C17H20ClN3O3. The normalized spacial score (nSPS) is 19.9. The number of carbonyl (C=O) groups excluding carboxylic acids is 2. The van der Waals surface area contributed by atoms with E-state index in [1.807, 2.05) is 6.19 Å². The topological polar surface area (TPSA) is 82.4 Å². The third-order valence-electron chi connectivity index (χ3n) is 4.16. The number of amides is 2. The van der Waals surface area contributed by atoms with Crippen LogP contribution in [0.4, 0.5) is 4.79 Å². The van der Waals surface area contributed by atoms with Crippen molar-refractivity contribution in [2.75, 3.05) is 7.05 Å². The van der Waals surface area contributed by atoms with Gasteiger partial charge in [-0.1, -0.05) is 23.7 Å². The minimum Gasteiger partial charge on any atom is -0.445 e. The fraction of sp³-hybridized carbons (Fsp3) is 0.471. The summed E-state index contributed by atoms with van der Waals surface area (Å²) in [5, 5.41) is 12.2. The second-order valence-electron chi connectivity index (χ2n) is 5.89. The summed E-state index contributed by atoms with van der Waals surface area (Å²) in [5.74, 6) is -0.293. The van der Waals surface area contributed by atoms with E-state index < -0.39 is 6.09 Å². The first-order valence-electron chi connectivity index (χ1n) is 7.84. The number of carbonyl (C=O) groups is 2. The van der Waals surface area contributed by atoms with E-state index in [4.69, 9.17) is 21.6 Å². The monoisotopic (exact) mass is 349 g/mol. The van der Waals surface area contributed by atoms with Gasteiger partial charge in [0.2, 0.25) is 5.91 Å². The Balaban J connectivity index is 1.71. The zero-order valence-electron chi connectivity index (χ0n) is 13.5. The summed E-state index contributed by atoms with van der Waals surface area (Å²) in [5.41, 5.74) is 0.864. The molecule has 6 nitrogen and oxygen atoms in total. The van der Waals surface area contributed by atoms with Crippen LogP contribution >= 0.6 is 11.6 Å². The van der Waals surface area contributed by atoms with Crippen LogP contribution in [0, 0.1) is 17.4 Å². The number of hydrogen-bond donors (Lipinski definition) is 1. The Kier molecular flexibility index (Phi) is 6.44. The number of alkyl carbamates (subject to hydrolysis) is 1. The molecule has 1 saturated carbocycles. The highest BCUT2D eigenvalue weighted by Crippen LogP contribution is 2.25. The third kappa shape index (κ3) is 5.14. The average molecular weight is 350 g/mol. The van der Waals surface area contributed by atoms with Gasteiger partial charge in [0.1, 0.15) is 6.61 Å². The molecular weight excluding hydrogens is 330 g/mol. The quantitative estimate of drug-likeness (QED) is 0.669. The molecule has 0 unspecified atom stereocenters. The molecule has 0 heterocycles. The Labute approximate surface area is 146 Å². The van der Waals surface area contributed by atoms with Gasteiger partial charge in [-0.3, -0.25) is 9.69 Å². The lowest BCUT2D eigenvalue weighted by Gasteiger charge is -2.28. The molecule has 0 aromatic heterocycles. The van der Waals surface area contributed by atoms with E-state index >= 15 is 0 Å². The van der Waals surface area contributed by atoms with Gasteiger partial charge in [-0.15, -0.1) is 0 Å². The van der Waals surface area contributed by atoms with Crippen LogP contribution in [-0.2, 0) is 16.1 Å². The molecule has 0 bridgehead atoms. The van der Waals surface area contributed by atoms with Crippen molar-refractivity contribution in [2.24, 2.45) is 5.92 Å². The highest BCUT2D eigenvalue weighted by atomic mass is 35.5. The highest BCUT2D eigenvalue weighted by molar-refractivity contribution is 6.30. The zero-order valence-corrected chi connectivity index (χ0v) is 14.3. The van der Waals surface area contributed by atoms with Gasteiger partial charge in [0.25, 0.3) is 0 Å². The molecule has 1 N–H and O–H groups in total. The number of nitrogens with one attached hydrogen (secondary N) is 1. The maximum atomic E-state index is 11.9. The van der Waals surface area contributed by atoms with Crippen LogP contribution in [0.25, 0.3) is 0 Å². The lowest BCUT2D eigenvalue weighted by atomic mass is 9.85. The predicted molar refractivity (Wildman–Crippen MR) is 88.9 cm³/mol. The van der Waals surface area contributed by atoms with Crippen LogP contribution in [0.3, 0.4) is 0 Å². The van der Waals surface area contributed by atoms with Gasteiger partial charge in [-0.25, -0.2) is 4.79 Å². The minimum atomic E-state index is -0.464. The first-order valence-corrected chi connectivity index (χ1v) is 8.22. The number of nitriles is 1. The van der Waals surface area contributed by atoms with E-state index in [1.165, 1.54) is 7.05 Å². The number of hydrogen-bond acceptors (Lipinski definition) is 4. The third-order valence-corrected chi connectivity index (χ3v) is 4.41. The Morgan fingerprint density at radius 3 is 2.50 bits per heavy atom. The van der Waals surface area contributed by atoms with Crippen molar-refractivity contribution in [3.05, 3.63) is 34.9 Å². The van der Waals surface area contributed by atoms with Gasteiger partial charge < -0.3 is 10.1 Å². The van der Waals surface area contributed by atoms with E-state index in [2.05, 4.69) is 5.32 Å². The molecule has 2 amide bonds. The van der Waals surface area contributed by atoms with Gasteiger partial charge in [0, 0.05) is 24.0 Å². The summed E-state index contributed by atoms with van der Waals surface area (Å²) in [6, 6.07) is 7.10. The van der Waals surface area contributed by atoms with Crippen molar-refractivity contribution >= 4 is 23.6 Å². The lowest BCUT2D eigenvalue weighted by molar-refractivity contribution is -0.132. The first-order chi connectivity index (χ1) is 11.5. The van der Waals surface area contributed by atoms with Crippen molar-refractivity contribution in [1.29, 1.82) is 5.26 Å². The van der Waals surface area contributed by atoms with Crippen LogP contribution in [-0.4, -0.2) is 30.0 Å². The number of benzene rings is 1. The summed E-state index contributed by atoms with van der Waals surface area (Å²) in [4.78, 5) is 24.8. The number of nitrogens with zero attached hydrogens (tertiary/aromatic N) is 2. The van der Waals surface area contributed by atoms with E-state index in [0.29, 0.717) is 30.7 Å². The minimum absolute atomic E-state index is 0.000778. The molecule has 0 spiro atoms. The van der Waals surface area contributed by atoms with Crippen molar-refractivity contribution < 1.29 is 14.3 Å². The Hall–Kier alpha value is -2.26. The summed E-state index contributed by atoms with van der Waals surface area (Å²) in [6.45, 7) is 0.184. The molecule has 0 radical (unpaired) electrons. The highest BCUT2D eigenvalue weighted by Gasteiger charge is 2.29. The summed E-state index contributed by atoms with van der Waals surface area (Å²) in [7, 11) is 1.47. The SMILES string of the molecule is CN(C#N)C(=O)[C@H]1CC[C@@H](NC(=O)OCc2ccc(Cl)cc2)CC1. The smallest absolute Gasteiger partial charge is 0.407 e. The molecule has 1 fully saturated rings. The second-order valence-corrected chi connectivity index (χ2v) is 6.33.